The number of aromatic nitrogens is 2. The van der Waals surface area contributed by atoms with Crippen LogP contribution < -0.4 is 5.73 Å². The molecular weight excluding hydrogens is 202 g/mol. The van der Waals surface area contributed by atoms with E-state index in [9.17, 15) is 0 Å². The number of furan rings is 1. The fourth-order valence-corrected chi connectivity index (χ4v) is 1.80. The topological polar surface area (TPSA) is 57.0 Å². The average Bonchev–Trinajstić information content (AvgIpc) is 2.86. The molecule has 0 atom stereocenters. The van der Waals surface area contributed by atoms with Crippen molar-refractivity contribution in [1.82, 2.24) is 9.78 Å². The molecule has 16 heavy (non-hydrogen) atoms. The normalized spacial score (nSPS) is 11.1. The van der Waals surface area contributed by atoms with Gasteiger partial charge in [-0.2, -0.15) is 5.10 Å². The maximum Gasteiger partial charge on any atom is 0.133 e. The minimum atomic E-state index is 0.669. The quantitative estimate of drug-likeness (QED) is 0.675. The highest BCUT2D eigenvalue weighted by Crippen LogP contribution is 2.28. The smallest absolute Gasteiger partial charge is 0.133 e. The molecule has 2 N–H and O–H groups in total. The highest BCUT2D eigenvalue weighted by Gasteiger charge is 2.08. The molecule has 4 nitrogen and oxygen atoms in total. The monoisotopic (exact) mass is 213 g/mol. The van der Waals surface area contributed by atoms with E-state index in [0.717, 1.165) is 22.1 Å². The second-order valence-electron chi connectivity index (χ2n) is 3.74. The largest absolute Gasteiger partial charge is 0.464 e. The molecule has 0 aliphatic heterocycles. The number of nitrogens with zero attached hydrogens (tertiary/aromatic N) is 2. The van der Waals surface area contributed by atoms with Crippen molar-refractivity contribution in [2.24, 2.45) is 7.05 Å². The van der Waals surface area contributed by atoms with Gasteiger partial charge in [-0.25, -0.2) is 0 Å². The van der Waals surface area contributed by atoms with Gasteiger partial charge in [-0.3, -0.25) is 4.68 Å². The molecule has 0 aliphatic rings. The number of anilines is 1. The molecule has 0 aliphatic carbocycles. The third-order valence-electron chi connectivity index (χ3n) is 2.75. The van der Waals surface area contributed by atoms with Crippen LogP contribution in [0.2, 0.25) is 0 Å². The van der Waals surface area contributed by atoms with Crippen molar-refractivity contribution in [1.29, 1.82) is 0 Å². The van der Waals surface area contributed by atoms with E-state index in [-0.39, 0.29) is 0 Å². The predicted octanol–water partition coefficient (Wildman–Crippen LogP) is 2.42. The Morgan fingerprint density at radius 1 is 1.31 bits per heavy atom. The van der Waals surface area contributed by atoms with Gasteiger partial charge in [-0.05, 0) is 23.8 Å². The summed E-state index contributed by atoms with van der Waals surface area (Å²) in [6.45, 7) is 0. The highest BCUT2D eigenvalue weighted by molar-refractivity contribution is 5.85. The molecule has 0 saturated heterocycles. The fourth-order valence-electron chi connectivity index (χ4n) is 1.80. The van der Waals surface area contributed by atoms with Gasteiger partial charge in [0.15, 0.2) is 0 Å². The van der Waals surface area contributed by atoms with Gasteiger partial charge >= 0.3 is 0 Å². The van der Waals surface area contributed by atoms with Crippen LogP contribution in [0.3, 0.4) is 0 Å². The van der Waals surface area contributed by atoms with E-state index in [2.05, 4.69) is 5.10 Å². The molecule has 0 radical (unpaired) electrons. The van der Waals surface area contributed by atoms with Gasteiger partial charge in [-0.1, -0.05) is 6.07 Å². The molecule has 0 saturated carbocycles. The van der Waals surface area contributed by atoms with E-state index in [0.29, 0.717) is 5.82 Å². The van der Waals surface area contributed by atoms with E-state index in [1.165, 1.54) is 0 Å². The Morgan fingerprint density at radius 2 is 2.19 bits per heavy atom. The first-order valence-electron chi connectivity index (χ1n) is 5.01. The molecular formula is C12H11N3O. The standard InChI is InChI=1S/C12H11N3O/c1-15-12(13)10(7-14-15)8-2-3-11-9(6-8)4-5-16-11/h2-7H,13H2,1H3. The first-order chi connectivity index (χ1) is 7.75. The van der Waals surface area contributed by atoms with Crippen LogP contribution in [-0.2, 0) is 7.05 Å². The Balaban J connectivity index is 2.21. The molecule has 0 bridgehead atoms. The number of nitrogens with two attached hydrogens (primary N) is 1. The Kier molecular flexibility index (Phi) is 1.77. The van der Waals surface area contributed by atoms with Crippen LogP contribution in [-0.4, -0.2) is 9.78 Å². The minimum Gasteiger partial charge on any atom is -0.464 e. The molecule has 3 aromatic rings. The van der Waals surface area contributed by atoms with E-state index in [1.807, 2.05) is 31.3 Å². The van der Waals surface area contributed by atoms with Gasteiger partial charge in [0.25, 0.3) is 0 Å². The summed E-state index contributed by atoms with van der Waals surface area (Å²) in [7, 11) is 1.83. The minimum absolute atomic E-state index is 0.669. The van der Waals surface area contributed by atoms with Crippen molar-refractivity contribution in [3.63, 3.8) is 0 Å². The molecule has 0 fully saturated rings. The number of benzene rings is 1. The Morgan fingerprint density at radius 3 is 2.94 bits per heavy atom. The lowest BCUT2D eigenvalue weighted by Crippen LogP contribution is -1.97. The molecule has 0 unspecified atom stereocenters. The lowest BCUT2D eigenvalue weighted by molar-refractivity contribution is 0.616. The zero-order valence-corrected chi connectivity index (χ0v) is 8.84. The molecule has 1 aromatic carbocycles. The first kappa shape index (κ1) is 9.03. The summed E-state index contributed by atoms with van der Waals surface area (Å²) in [4.78, 5) is 0. The third kappa shape index (κ3) is 1.20. The van der Waals surface area contributed by atoms with Gasteiger partial charge in [0, 0.05) is 18.0 Å². The summed E-state index contributed by atoms with van der Waals surface area (Å²) in [5.41, 5.74) is 8.82. The molecule has 2 aromatic heterocycles. The van der Waals surface area contributed by atoms with Gasteiger partial charge in [-0.15, -0.1) is 0 Å². The van der Waals surface area contributed by atoms with E-state index in [4.69, 9.17) is 10.2 Å². The highest BCUT2D eigenvalue weighted by atomic mass is 16.3. The maximum absolute atomic E-state index is 5.93. The van der Waals surface area contributed by atoms with Crippen molar-refractivity contribution in [3.8, 4) is 11.1 Å². The summed E-state index contributed by atoms with van der Waals surface area (Å²) in [5, 5.41) is 5.20. The van der Waals surface area contributed by atoms with Crippen molar-refractivity contribution >= 4 is 16.8 Å². The first-order valence-corrected chi connectivity index (χ1v) is 5.01. The van der Waals surface area contributed by atoms with Gasteiger partial charge in [0.2, 0.25) is 0 Å². The van der Waals surface area contributed by atoms with Gasteiger partial charge in [0.05, 0.1) is 12.5 Å². The zero-order valence-electron chi connectivity index (χ0n) is 8.84. The molecule has 0 amide bonds. The lowest BCUT2D eigenvalue weighted by atomic mass is 10.1. The van der Waals surface area contributed by atoms with Crippen LogP contribution in [0.5, 0.6) is 0 Å². The van der Waals surface area contributed by atoms with Crippen molar-refractivity contribution < 1.29 is 4.42 Å². The third-order valence-corrected chi connectivity index (χ3v) is 2.75. The van der Waals surface area contributed by atoms with E-state index in [1.54, 1.807) is 17.1 Å². The number of aryl methyl sites for hydroxylation is 1. The van der Waals surface area contributed by atoms with Gasteiger partial charge in [0.1, 0.15) is 11.4 Å². The molecule has 0 spiro atoms. The second-order valence-corrected chi connectivity index (χ2v) is 3.74. The van der Waals surface area contributed by atoms with Crippen LogP contribution in [0.25, 0.3) is 22.1 Å². The van der Waals surface area contributed by atoms with Gasteiger partial charge < -0.3 is 10.2 Å². The molecule has 2 heterocycles. The number of hydrogen-bond donors (Lipinski definition) is 1. The van der Waals surface area contributed by atoms with Crippen molar-refractivity contribution in [2.75, 3.05) is 5.73 Å². The molecule has 4 heteroatoms. The summed E-state index contributed by atoms with van der Waals surface area (Å²) >= 11 is 0. The number of fused-ring (bicyclic) bond motifs is 1. The summed E-state index contributed by atoms with van der Waals surface area (Å²) in [6.07, 6.45) is 3.46. The Hall–Kier alpha value is -2.23. The Bertz CT molecular complexity index is 651. The fraction of sp³-hybridized carbons (Fsp3) is 0.0833. The molecule has 3 rings (SSSR count). The van der Waals surface area contributed by atoms with Crippen molar-refractivity contribution in [2.45, 2.75) is 0 Å². The van der Waals surface area contributed by atoms with E-state index >= 15 is 0 Å². The molecule has 80 valence electrons. The SMILES string of the molecule is Cn1ncc(-c2ccc3occc3c2)c1N. The zero-order chi connectivity index (χ0) is 11.1. The predicted molar refractivity (Wildman–Crippen MR) is 62.8 cm³/mol. The Labute approximate surface area is 92.3 Å². The van der Waals surface area contributed by atoms with E-state index < -0.39 is 0 Å². The van der Waals surface area contributed by atoms with Crippen LogP contribution in [0.15, 0.2) is 41.1 Å². The summed E-state index contributed by atoms with van der Waals surface area (Å²) in [6, 6.07) is 7.91. The average molecular weight is 213 g/mol. The van der Waals surface area contributed by atoms with Crippen LogP contribution in [0.1, 0.15) is 0 Å². The number of hydrogen-bond acceptors (Lipinski definition) is 3. The maximum atomic E-state index is 5.93. The number of nitrogen functional groups attached to an aromatic ring is 1. The van der Waals surface area contributed by atoms with Crippen LogP contribution in [0, 0.1) is 0 Å². The summed E-state index contributed by atoms with van der Waals surface area (Å²) < 4.78 is 6.95. The van der Waals surface area contributed by atoms with Crippen LogP contribution in [0.4, 0.5) is 5.82 Å². The summed E-state index contributed by atoms with van der Waals surface area (Å²) in [5.74, 6) is 0.669. The number of rotatable bonds is 1. The van der Waals surface area contributed by atoms with Crippen LogP contribution >= 0.6 is 0 Å². The second kappa shape index (κ2) is 3.13. The lowest BCUT2D eigenvalue weighted by Gasteiger charge is -2.00. The van der Waals surface area contributed by atoms with Crippen molar-refractivity contribution in [3.05, 3.63) is 36.7 Å².